The number of hydrogen-bond acceptors (Lipinski definition) is 3. The normalized spacial score (nSPS) is 20.8. The average molecular weight is 288 g/mol. The van der Waals surface area contributed by atoms with Crippen molar-refractivity contribution in [2.75, 3.05) is 13.1 Å². The third-order valence-corrected chi connectivity index (χ3v) is 3.66. The Hall–Kier alpha value is -0.840. The van der Waals surface area contributed by atoms with Crippen LogP contribution in [0, 0.1) is 0 Å². The van der Waals surface area contributed by atoms with Crippen LogP contribution in [0.4, 0.5) is 0 Å². The Balaban J connectivity index is 2.14. The van der Waals surface area contributed by atoms with Gasteiger partial charge < -0.3 is 5.32 Å². The molecule has 1 N–H and O–H groups in total. The maximum atomic E-state index is 11.7. The van der Waals surface area contributed by atoms with Crippen molar-refractivity contribution in [1.82, 2.24) is 15.2 Å². The molecule has 0 aromatic carbocycles. The van der Waals surface area contributed by atoms with Crippen LogP contribution in [0.1, 0.15) is 18.9 Å². The number of carbonyl (C=O) groups excluding carboxylic acids is 1. The average Bonchev–Trinajstić information content (AvgIpc) is 2.33. The van der Waals surface area contributed by atoms with Crippen LogP contribution in [0.3, 0.4) is 0 Å². The number of carbonyl (C=O) groups is 1. The van der Waals surface area contributed by atoms with Gasteiger partial charge in [-0.3, -0.25) is 9.69 Å². The number of pyridine rings is 1. The fraction of sp³-hybridized carbons (Fsp3) is 0.500. The van der Waals surface area contributed by atoms with Crippen molar-refractivity contribution >= 4 is 29.1 Å². The minimum Gasteiger partial charge on any atom is -0.353 e. The molecule has 2 rings (SSSR count). The topological polar surface area (TPSA) is 45.2 Å². The molecule has 0 bridgehead atoms. The van der Waals surface area contributed by atoms with Gasteiger partial charge in [0.1, 0.15) is 5.15 Å². The quantitative estimate of drug-likeness (QED) is 0.866. The number of hydrogen-bond donors (Lipinski definition) is 1. The highest BCUT2D eigenvalue weighted by Gasteiger charge is 2.28. The van der Waals surface area contributed by atoms with E-state index in [1.165, 1.54) is 0 Å². The fourth-order valence-electron chi connectivity index (χ4n) is 2.17. The first-order valence-corrected chi connectivity index (χ1v) is 6.69. The van der Waals surface area contributed by atoms with Gasteiger partial charge in [0, 0.05) is 36.4 Å². The van der Waals surface area contributed by atoms with E-state index in [1.807, 2.05) is 6.92 Å². The Labute approximate surface area is 116 Å². The molecule has 18 heavy (non-hydrogen) atoms. The molecular weight excluding hydrogens is 273 g/mol. The van der Waals surface area contributed by atoms with Crippen molar-refractivity contribution in [1.29, 1.82) is 0 Å². The second kappa shape index (κ2) is 5.87. The van der Waals surface area contributed by atoms with Crippen molar-refractivity contribution in [3.05, 3.63) is 28.0 Å². The zero-order chi connectivity index (χ0) is 13.1. The van der Waals surface area contributed by atoms with Gasteiger partial charge in [-0.05, 0) is 12.5 Å². The highest BCUT2D eigenvalue weighted by atomic mass is 35.5. The van der Waals surface area contributed by atoms with Gasteiger partial charge in [0.15, 0.2) is 0 Å². The summed E-state index contributed by atoms with van der Waals surface area (Å²) in [5.74, 6) is 0.0850. The van der Waals surface area contributed by atoms with Crippen molar-refractivity contribution in [3.63, 3.8) is 0 Å². The summed E-state index contributed by atoms with van der Waals surface area (Å²) in [6.45, 7) is 4.12. The van der Waals surface area contributed by atoms with E-state index in [-0.39, 0.29) is 11.9 Å². The molecule has 98 valence electrons. The van der Waals surface area contributed by atoms with Gasteiger partial charge in [-0.15, -0.1) is 0 Å². The Bertz CT molecular complexity index is 453. The SMILES string of the molecule is CCC1C(=O)NCCN1Cc1cnc(Cl)cc1Cl. The molecule has 0 saturated carbocycles. The first-order chi connectivity index (χ1) is 8.61. The van der Waals surface area contributed by atoms with Crippen molar-refractivity contribution in [2.24, 2.45) is 0 Å². The lowest BCUT2D eigenvalue weighted by Gasteiger charge is -2.34. The molecule has 4 nitrogen and oxygen atoms in total. The minimum atomic E-state index is -0.0921. The molecule has 1 aliphatic heterocycles. The maximum Gasteiger partial charge on any atom is 0.237 e. The Kier molecular flexibility index (Phi) is 4.43. The second-order valence-corrected chi connectivity index (χ2v) is 5.08. The number of rotatable bonds is 3. The van der Waals surface area contributed by atoms with Gasteiger partial charge in [-0.2, -0.15) is 0 Å². The van der Waals surface area contributed by atoms with Gasteiger partial charge in [0.25, 0.3) is 0 Å². The van der Waals surface area contributed by atoms with E-state index in [1.54, 1.807) is 12.3 Å². The van der Waals surface area contributed by atoms with Gasteiger partial charge in [-0.25, -0.2) is 4.98 Å². The molecule has 2 heterocycles. The van der Waals surface area contributed by atoms with Crippen LogP contribution in [0.15, 0.2) is 12.3 Å². The van der Waals surface area contributed by atoms with Gasteiger partial charge >= 0.3 is 0 Å². The summed E-state index contributed by atoms with van der Waals surface area (Å²) in [4.78, 5) is 17.9. The smallest absolute Gasteiger partial charge is 0.237 e. The molecule has 1 aromatic heterocycles. The van der Waals surface area contributed by atoms with Crippen molar-refractivity contribution in [3.8, 4) is 0 Å². The Morgan fingerprint density at radius 3 is 3.00 bits per heavy atom. The number of halogens is 2. The Morgan fingerprint density at radius 1 is 1.56 bits per heavy atom. The summed E-state index contributed by atoms with van der Waals surface area (Å²) in [5, 5.41) is 3.85. The van der Waals surface area contributed by atoms with Crippen molar-refractivity contribution < 1.29 is 4.79 Å². The van der Waals surface area contributed by atoms with Crippen LogP contribution in [-0.4, -0.2) is 34.9 Å². The van der Waals surface area contributed by atoms with E-state index in [9.17, 15) is 4.79 Å². The minimum absolute atomic E-state index is 0.0850. The number of nitrogens with one attached hydrogen (secondary N) is 1. The lowest BCUT2D eigenvalue weighted by Crippen LogP contribution is -2.54. The molecular formula is C12H15Cl2N3O. The lowest BCUT2D eigenvalue weighted by atomic mass is 10.1. The van der Waals surface area contributed by atoms with E-state index >= 15 is 0 Å². The summed E-state index contributed by atoms with van der Waals surface area (Å²) < 4.78 is 0. The molecule has 1 atom stereocenters. The molecule has 1 aromatic rings. The predicted octanol–water partition coefficient (Wildman–Crippen LogP) is 2.10. The molecule has 1 saturated heterocycles. The fourth-order valence-corrected chi connectivity index (χ4v) is 2.59. The summed E-state index contributed by atoms with van der Waals surface area (Å²) >= 11 is 11.9. The third kappa shape index (κ3) is 2.94. The van der Waals surface area contributed by atoms with E-state index in [0.29, 0.717) is 23.3 Å². The molecule has 1 amide bonds. The number of piperazine rings is 1. The largest absolute Gasteiger partial charge is 0.353 e. The van der Waals surface area contributed by atoms with Gasteiger partial charge in [0.2, 0.25) is 5.91 Å². The van der Waals surface area contributed by atoms with Gasteiger partial charge in [0.05, 0.1) is 6.04 Å². The number of amides is 1. The van der Waals surface area contributed by atoms with E-state index < -0.39 is 0 Å². The van der Waals surface area contributed by atoms with Crippen LogP contribution in [0.5, 0.6) is 0 Å². The van der Waals surface area contributed by atoms with E-state index in [4.69, 9.17) is 23.2 Å². The first kappa shape index (κ1) is 13.6. The predicted molar refractivity (Wildman–Crippen MR) is 71.8 cm³/mol. The summed E-state index contributed by atoms with van der Waals surface area (Å²) in [6.07, 6.45) is 2.45. The molecule has 1 unspecified atom stereocenters. The van der Waals surface area contributed by atoms with E-state index in [2.05, 4.69) is 15.2 Å². The monoisotopic (exact) mass is 287 g/mol. The van der Waals surface area contributed by atoms with Crippen LogP contribution in [0.25, 0.3) is 0 Å². The van der Waals surface area contributed by atoms with Crippen LogP contribution >= 0.6 is 23.2 Å². The third-order valence-electron chi connectivity index (χ3n) is 3.10. The summed E-state index contributed by atoms with van der Waals surface area (Å²) in [7, 11) is 0. The van der Waals surface area contributed by atoms with Crippen molar-refractivity contribution in [2.45, 2.75) is 25.9 Å². The zero-order valence-corrected chi connectivity index (χ0v) is 11.6. The Morgan fingerprint density at radius 2 is 2.33 bits per heavy atom. The standard InChI is InChI=1S/C12H15Cl2N3O/c1-2-10-12(18)15-3-4-17(10)7-8-6-16-11(14)5-9(8)13/h5-6,10H,2-4,7H2,1H3,(H,15,18). The van der Waals surface area contributed by atoms with Crippen LogP contribution in [0.2, 0.25) is 10.2 Å². The second-order valence-electron chi connectivity index (χ2n) is 4.28. The summed E-state index contributed by atoms with van der Waals surface area (Å²) in [5.41, 5.74) is 0.897. The highest BCUT2D eigenvalue weighted by Crippen LogP contribution is 2.22. The van der Waals surface area contributed by atoms with Gasteiger partial charge in [-0.1, -0.05) is 30.1 Å². The number of aromatic nitrogens is 1. The molecule has 0 spiro atoms. The van der Waals surface area contributed by atoms with Crippen LogP contribution < -0.4 is 5.32 Å². The molecule has 0 aliphatic carbocycles. The molecule has 6 heteroatoms. The highest BCUT2D eigenvalue weighted by molar-refractivity contribution is 6.34. The number of nitrogens with zero attached hydrogens (tertiary/aromatic N) is 2. The molecule has 1 aliphatic rings. The zero-order valence-electron chi connectivity index (χ0n) is 10.1. The lowest BCUT2D eigenvalue weighted by molar-refractivity contribution is -0.129. The van der Waals surface area contributed by atoms with Crippen LogP contribution in [-0.2, 0) is 11.3 Å². The molecule has 0 radical (unpaired) electrons. The van der Waals surface area contributed by atoms with E-state index in [0.717, 1.165) is 18.5 Å². The maximum absolute atomic E-state index is 11.7. The first-order valence-electron chi connectivity index (χ1n) is 5.93. The summed E-state index contributed by atoms with van der Waals surface area (Å²) in [6, 6.07) is 1.54. The molecule has 1 fully saturated rings.